The lowest BCUT2D eigenvalue weighted by atomic mass is 9.80. The largest absolute Gasteiger partial charge is 0.468 e. The molecule has 8 bridgehead atoms. The van der Waals surface area contributed by atoms with Crippen molar-refractivity contribution in [2.45, 2.75) is 78.7 Å². The highest BCUT2D eigenvalue weighted by atomic mass is 16.5. The molecule has 2 amide bonds. The van der Waals surface area contributed by atoms with E-state index in [0.29, 0.717) is 53.2 Å². The number of hydrogen-bond donors (Lipinski definition) is 5. The van der Waals surface area contributed by atoms with E-state index < -0.39 is 17.9 Å². The van der Waals surface area contributed by atoms with E-state index in [9.17, 15) is 19.2 Å². The van der Waals surface area contributed by atoms with Crippen molar-refractivity contribution in [3.05, 3.63) is 134 Å². The number of fused-ring (bicyclic) bond motifs is 6. The number of aliphatic imine (C=N–C) groups is 2. The number of aromatic amines is 2. The predicted octanol–water partition coefficient (Wildman–Crippen LogP) is 8.44. The molecular formula is C50H55N7O6. The minimum atomic E-state index is -1.11. The number of benzene rings is 2. The second kappa shape index (κ2) is 18.5. The average Bonchev–Trinajstić information content (AvgIpc) is 3.96. The van der Waals surface area contributed by atoms with Gasteiger partial charge in [0.15, 0.2) is 0 Å². The number of para-hydroxylation sites is 2. The molecule has 0 spiro atoms. The maximum absolute atomic E-state index is 14.1. The first-order valence-electron chi connectivity index (χ1n) is 21.3. The molecule has 2 unspecified atom stereocenters. The number of nitrogens with zero attached hydrogens (tertiary/aromatic N) is 2. The molecule has 0 saturated heterocycles. The first-order valence-corrected chi connectivity index (χ1v) is 21.3. The van der Waals surface area contributed by atoms with Crippen LogP contribution in [0, 0.1) is 25.7 Å². The van der Waals surface area contributed by atoms with Crippen molar-refractivity contribution in [2.24, 2.45) is 21.8 Å². The Kier molecular flexibility index (Phi) is 13.0. The van der Waals surface area contributed by atoms with Crippen molar-refractivity contribution in [3.8, 4) is 0 Å². The predicted molar refractivity (Wildman–Crippen MR) is 249 cm³/mol. The number of amides is 2. The van der Waals surface area contributed by atoms with E-state index in [1.807, 2.05) is 26.0 Å². The van der Waals surface area contributed by atoms with Gasteiger partial charge in [0, 0.05) is 77.1 Å². The summed E-state index contributed by atoms with van der Waals surface area (Å²) in [5.74, 6) is -3.43. The number of H-pyrrole nitrogens is 2. The highest BCUT2D eigenvalue weighted by Gasteiger charge is 2.44. The van der Waals surface area contributed by atoms with Crippen molar-refractivity contribution in [1.82, 2.24) is 15.3 Å². The summed E-state index contributed by atoms with van der Waals surface area (Å²) in [6.45, 7) is 14.4. The number of ether oxygens (including phenoxy) is 2. The van der Waals surface area contributed by atoms with Crippen LogP contribution in [0.25, 0.3) is 18.2 Å². The SMILES string of the molecule is C=Cc1c2[nH]c(c1C)C=C1N=C(C(C(=O)OC)c3[nH]c(c(C)c3C(=O)OC)CC3=NC(C2)C(C)=C3CC)[C@@H](CCC(=O)N/C=C/c2ccc(C(=O)Nc3ccccc3N)cc2)[C@@H]1C. The van der Waals surface area contributed by atoms with Gasteiger partial charge in [-0.1, -0.05) is 50.8 Å². The Bertz CT molecular complexity index is 2660. The van der Waals surface area contributed by atoms with E-state index in [1.54, 1.807) is 60.8 Å². The number of esters is 2. The van der Waals surface area contributed by atoms with E-state index in [0.717, 1.165) is 51.6 Å². The first-order chi connectivity index (χ1) is 30.3. The molecule has 7 rings (SSSR count). The zero-order valence-corrected chi connectivity index (χ0v) is 36.9. The van der Waals surface area contributed by atoms with Crippen LogP contribution in [-0.4, -0.2) is 65.4 Å². The summed E-state index contributed by atoms with van der Waals surface area (Å²) < 4.78 is 10.8. The monoisotopic (exact) mass is 849 g/mol. The van der Waals surface area contributed by atoms with E-state index in [1.165, 1.54) is 25.4 Å². The van der Waals surface area contributed by atoms with E-state index >= 15 is 0 Å². The third-order valence-electron chi connectivity index (χ3n) is 12.7. The Labute approximate surface area is 367 Å². The van der Waals surface area contributed by atoms with Gasteiger partial charge in [-0.15, -0.1) is 0 Å². The Morgan fingerprint density at radius 3 is 2.41 bits per heavy atom. The minimum absolute atomic E-state index is 0.0854. The Hall–Kier alpha value is -7.02. The van der Waals surface area contributed by atoms with E-state index in [-0.39, 0.29) is 41.7 Å². The Morgan fingerprint density at radius 1 is 0.984 bits per heavy atom. The number of anilines is 2. The molecule has 4 aromatic rings. The van der Waals surface area contributed by atoms with Gasteiger partial charge in [-0.2, -0.15) is 0 Å². The number of nitrogens with one attached hydrogen (secondary N) is 4. The topological polar surface area (TPSA) is 193 Å². The number of aromatic nitrogens is 2. The van der Waals surface area contributed by atoms with Crippen LogP contribution in [0.1, 0.15) is 112 Å². The van der Waals surface area contributed by atoms with Gasteiger partial charge in [-0.05, 0) is 103 Å². The molecular weight excluding hydrogens is 795 g/mol. The molecule has 3 aliphatic heterocycles. The van der Waals surface area contributed by atoms with Crippen LogP contribution in [0.15, 0.2) is 88.1 Å². The molecule has 2 aromatic carbocycles. The number of methoxy groups -OCH3 is 2. The summed E-state index contributed by atoms with van der Waals surface area (Å²) in [5.41, 5.74) is 18.7. The maximum atomic E-state index is 14.1. The molecule has 2 aromatic heterocycles. The molecule has 13 nitrogen and oxygen atoms in total. The summed E-state index contributed by atoms with van der Waals surface area (Å²) in [6.07, 6.45) is 9.51. The molecule has 0 fully saturated rings. The lowest BCUT2D eigenvalue weighted by Gasteiger charge is -2.23. The number of carbonyl (C=O) groups excluding carboxylic acids is 4. The number of allylic oxidation sites excluding steroid dienone is 2. The number of nitrogens with two attached hydrogens (primary N) is 1. The lowest BCUT2D eigenvalue weighted by Crippen LogP contribution is -2.31. The quantitative estimate of drug-likeness (QED) is 0.0738. The fraction of sp³-hybridized carbons (Fsp3) is 0.320. The highest BCUT2D eigenvalue weighted by molar-refractivity contribution is 6.12. The number of nitrogen functional groups attached to an aromatic ring is 1. The van der Waals surface area contributed by atoms with Gasteiger partial charge in [-0.3, -0.25) is 24.4 Å². The molecule has 0 saturated carbocycles. The smallest absolute Gasteiger partial charge is 0.340 e. The van der Waals surface area contributed by atoms with Crippen molar-refractivity contribution in [3.63, 3.8) is 0 Å². The average molecular weight is 850 g/mol. The van der Waals surface area contributed by atoms with Crippen molar-refractivity contribution >= 4 is 64.8 Å². The standard InChI is InChI=1S/C50H55N7O6/c1-9-32-26(3)37-23-39-28(5)34(19-20-43(58)52-22-21-30-15-17-31(18-16-30)48(59)57-36-14-12-11-13-35(36)51)46(55-39)45(50(61)63-8)47-44(49(60)62-7)29(6)40(56-47)25-42-33(10-2)27(4)38(54-42)24-41(32)53-37/h9,11-18,21-23,28,34,38,45,53,56H,1,10,19-20,24-25,51H2,2-8H3,(H,52,58)(H,57,59)/b22-21+,39-23?/t28-,34-,38?,45?/m0/s1. The van der Waals surface area contributed by atoms with Gasteiger partial charge in [0.1, 0.15) is 5.92 Å². The second-order valence-electron chi connectivity index (χ2n) is 16.3. The first kappa shape index (κ1) is 44.0. The lowest BCUT2D eigenvalue weighted by molar-refractivity contribution is -0.140. The second-order valence-corrected chi connectivity index (χ2v) is 16.3. The van der Waals surface area contributed by atoms with E-state index in [2.05, 4.69) is 48.0 Å². The van der Waals surface area contributed by atoms with Crippen LogP contribution in [0.3, 0.4) is 0 Å². The third-order valence-corrected chi connectivity index (χ3v) is 12.7. The van der Waals surface area contributed by atoms with Crippen LogP contribution in [0.2, 0.25) is 0 Å². The van der Waals surface area contributed by atoms with Crippen LogP contribution in [0.4, 0.5) is 11.4 Å². The zero-order chi connectivity index (χ0) is 45.1. The fourth-order valence-corrected chi connectivity index (χ4v) is 9.12. The van der Waals surface area contributed by atoms with Crippen LogP contribution in [0.5, 0.6) is 0 Å². The molecule has 326 valence electrons. The summed E-state index contributed by atoms with van der Waals surface area (Å²) in [5, 5.41) is 5.69. The van der Waals surface area contributed by atoms with Gasteiger partial charge >= 0.3 is 11.9 Å². The van der Waals surface area contributed by atoms with Crippen molar-refractivity contribution < 1.29 is 28.7 Å². The summed E-state index contributed by atoms with van der Waals surface area (Å²) in [4.78, 5) is 71.7. The van der Waals surface area contributed by atoms with Gasteiger partial charge in [0.2, 0.25) is 5.91 Å². The molecule has 3 aliphatic rings. The molecule has 5 heterocycles. The normalized spacial score (nSPS) is 19.3. The molecule has 6 N–H and O–H groups in total. The van der Waals surface area contributed by atoms with Crippen LogP contribution < -0.4 is 16.4 Å². The zero-order valence-electron chi connectivity index (χ0n) is 36.9. The summed E-state index contributed by atoms with van der Waals surface area (Å²) in [7, 11) is 2.64. The van der Waals surface area contributed by atoms with Crippen molar-refractivity contribution in [2.75, 3.05) is 25.3 Å². The molecule has 13 heteroatoms. The van der Waals surface area contributed by atoms with Gasteiger partial charge in [0.25, 0.3) is 5.91 Å². The highest BCUT2D eigenvalue weighted by Crippen LogP contribution is 2.43. The Balaban J connectivity index is 1.19. The fourth-order valence-electron chi connectivity index (χ4n) is 9.12. The maximum Gasteiger partial charge on any atom is 0.340 e. The third kappa shape index (κ3) is 8.73. The molecule has 0 aliphatic carbocycles. The van der Waals surface area contributed by atoms with E-state index in [4.69, 9.17) is 25.2 Å². The van der Waals surface area contributed by atoms with Crippen LogP contribution in [-0.2, 0) is 31.9 Å². The van der Waals surface area contributed by atoms with Gasteiger partial charge < -0.3 is 35.8 Å². The molecule has 4 atom stereocenters. The number of rotatable bonds is 11. The number of hydrogen-bond acceptors (Lipinski definition) is 9. The Morgan fingerprint density at radius 2 is 1.73 bits per heavy atom. The van der Waals surface area contributed by atoms with Crippen molar-refractivity contribution in [1.29, 1.82) is 0 Å². The van der Waals surface area contributed by atoms with Crippen LogP contribution >= 0.6 is 0 Å². The minimum Gasteiger partial charge on any atom is -0.468 e. The molecule has 63 heavy (non-hydrogen) atoms. The molecule has 0 radical (unpaired) electrons. The summed E-state index contributed by atoms with van der Waals surface area (Å²) in [6, 6.07) is 13.9. The van der Waals surface area contributed by atoms with Gasteiger partial charge in [-0.25, -0.2) is 4.79 Å². The summed E-state index contributed by atoms with van der Waals surface area (Å²) >= 11 is 0. The number of carbonyl (C=O) groups is 4. The van der Waals surface area contributed by atoms with Gasteiger partial charge in [0.05, 0.1) is 42.9 Å².